The molecular formula is C13H25NO3S. The number of nitrogens with one attached hydrogen (secondary N) is 1. The molecule has 2 unspecified atom stereocenters. The molecular weight excluding hydrogens is 250 g/mol. The molecule has 1 N–H and O–H groups in total. The van der Waals surface area contributed by atoms with Crippen molar-refractivity contribution < 1.29 is 14.3 Å². The first-order chi connectivity index (χ1) is 8.51. The van der Waals surface area contributed by atoms with E-state index in [9.17, 15) is 4.79 Å². The van der Waals surface area contributed by atoms with Gasteiger partial charge >= 0.3 is 5.97 Å². The van der Waals surface area contributed by atoms with Crippen LogP contribution in [0.3, 0.4) is 0 Å². The highest BCUT2D eigenvalue weighted by atomic mass is 32.2. The number of hydrogen-bond donors (Lipinski definition) is 1. The second-order valence-corrected chi connectivity index (χ2v) is 6.67. The van der Waals surface area contributed by atoms with E-state index in [1.165, 1.54) is 7.11 Å². The Morgan fingerprint density at radius 3 is 2.67 bits per heavy atom. The molecule has 1 aliphatic carbocycles. The van der Waals surface area contributed by atoms with Gasteiger partial charge in [-0.25, -0.2) is 0 Å². The molecule has 2 atom stereocenters. The average Bonchev–Trinajstić information content (AvgIpc) is 3.11. The zero-order valence-electron chi connectivity index (χ0n) is 11.8. The second-order valence-electron chi connectivity index (χ2n) is 5.12. The van der Waals surface area contributed by atoms with Crippen LogP contribution in [0.15, 0.2) is 0 Å². The van der Waals surface area contributed by atoms with Crippen LogP contribution in [0, 0.1) is 0 Å². The molecule has 0 amide bonds. The first kappa shape index (κ1) is 15.8. The van der Waals surface area contributed by atoms with Crippen molar-refractivity contribution in [1.82, 2.24) is 5.32 Å². The number of carbonyl (C=O) groups is 1. The van der Waals surface area contributed by atoms with Gasteiger partial charge in [-0.2, -0.15) is 11.8 Å². The van der Waals surface area contributed by atoms with Crippen molar-refractivity contribution in [3.05, 3.63) is 0 Å². The summed E-state index contributed by atoms with van der Waals surface area (Å²) in [5.74, 6) is 0.798. The lowest BCUT2D eigenvalue weighted by atomic mass is 9.96. The summed E-state index contributed by atoms with van der Waals surface area (Å²) in [5.41, 5.74) is -0.560. The van der Waals surface area contributed by atoms with Crippen LogP contribution < -0.4 is 5.32 Å². The number of rotatable bonds is 9. The van der Waals surface area contributed by atoms with Gasteiger partial charge in [-0.3, -0.25) is 10.1 Å². The van der Waals surface area contributed by atoms with E-state index < -0.39 is 5.54 Å². The van der Waals surface area contributed by atoms with Crippen LogP contribution in [-0.2, 0) is 14.3 Å². The summed E-state index contributed by atoms with van der Waals surface area (Å²) >= 11 is 1.83. The smallest absolute Gasteiger partial charge is 0.325 e. The average molecular weight is 275 g/mol. The Labute approximate surface area is 114 Å². The molecule has 0 heterocycles. The molecule has 0 aliphatic heterocycles. The number of esters is 1. The van der Waals surface area contributed by atoms with E-state index in [-0.39, 0.29) is 5.97 Å². The number of carbonyl (C=O) groups excluding carboxylic acids is 1. The molecule has 1 aliphatic rings. The number of thioether (sulfide) groups is 1. The lowest BCUT2D eigenvalue weighted by molar-refractivity contribution is -0.148. The molecule has 0 aromatic rings. The third-order valence-corrected chi connectivity index (χ3v) is 4.26. The van der Waals surface area contributed by atoms with Crippen LogP contribution in [0.2, 0.25) is 0 Å². The third-order valence-electron chi connectivity index (χ3n) is 3.12. The van der Waals surface area contributed by atoms with Gasteiger partial charge in [-0.05, 0) is 26.2 Å². The maximum absolute atomic E-state index is 11.9. The van der Waals surface area contributed by atoms with Crippen molar-refractivity contribution in [3.8, 4) is 0 Å². The van der Waals surface area contributed by atoms with E-state index in [1.54, 1.807) is 7.11 Å². The fraction of sp³-hybridized carbons (Fsp3) is 0.923. The third kappa shape index (κ3) is 5.16. The second kappa shape index (κ2) is 7.36. The predicted molar refractivity (Wildman–Crippen MR) is 75.0 cm³/mol. The fourth-order valence-electron chi connectivity index (χ4n) is 2.07. The summed E-state index contributed by atoms with van der Waals surface area (Å²) < 4.78 is 9.97. The van der Waals surface area contributed by atoms with E-state index in [2.05, 4.69) is 12.2 Å². The van der Waals surface area contributed by atoms with Crippen LogP contribution in [0.25, 0.3) is 0 Å². The van der Waals surface area contributed by atoms with Gasteiger partial charge in [0.25, 0.3) is 0 Å². The number of hydrogen-bond acceptors (Lipinski definition) is 5. The van der Waals surface area contributed by atoms with Gasteiger partial charge in [-0.15, -0.1) is 0 Å². The summed E-state index contributed by atoms with van der Waals surface area (Å²) in [5, 5.41) is 3.82. The lowest BCUT2D eigenvalue weighted by Gasteiger charge is -2.30. The predicted octanol–water partition coefficient (Wildman–Crippen LogP) is 1.83. The minimum atomic E-state index is -0.560. The lowest BCUT2D eigenvalue weighted by Crippen LogP contribution is -2.52. The van der Waals surface area contributed by atoms with Gasteiger partial charge in [0.15, 0.2) is 0 Å². The molecule has 0 aromatic carbocycles. The van der Waals surface area contributed by atoms with E-state index >= 15 is 0 Å². The zero-order chi connectivity index (χ0) is 13.6. The maximum atomic E-state index is 11.9. The minimum Gasteiger partial charge on any atom is -0.468 e. The largest absolute Gasteiger partial charge is 0.468 e. The molecule has 1 rings (SSSR count). The molecule has 0 radical (unpaired) electrons. The van der Waals surface area contributed by atoms with E-state index in [0.29, 0.717) is 11.3 Å². The van der Waals surface area contributed by atoms with Crippen LogP contribution >= 0.6 is 11.8 Å². The standard InChI is InChI=1S/C13H25NO3S/c1-10(18-8-7-16-3)9-13(2,12(15)17-4)14-11-5-6-11/h10-11,14H,5-9H2,1-4H3. The van der Waals surface area contributed by atoms with Gasteiger partial charge < -0.3 is 9.47 Å². The van der Waals surface area contributed by atoms with E-state index in [0.717, 1.165) is 31.6 Å². The Hall–Kier alpha value is -0.260. The fourth-order valence-corrected chi connectivity index (χ4v) is 3.19. The van der Waals surface area contributed by atoms with Crippen molar-refractivity contribution in [2.45, 2.75) is 49.9 Å². The Morgan fingerprint density at radius 1 is 1.50 bits per heavy atom. The summed E-state index contributed by atoms with van der Waals surface area (Å²) in [4.78, 5) is 11.9. The first-order valence-corrected chi connectivity index (χ1v) is 7.53. The molecule has 0 saturated heterocycles. The molecule has 18 heavy (non-hydrogen) atoms. The maximum Gasteiger partial charge on any atom is 0.325 e. The number of methoxy groups -OCH3 is 2. The Bertz CT molecular complexity index is 271. The van der Waals surface area contributed by atoms with Crippen LogP contribution in [0.4, 0.5) is 0 Å². The molecule has 1 saturated carbocycles. The minimum absolute atomic E-state index is 0.159. The Morgan fingerprint density at radius 2 is 2.17 bits per heavy atom. The van der Waals surface area contributed by atoms with Gasteiger partial charge in [0.05, 0.1) is 13.7 Å². The number of ether oxygens (including phenoxy) is 2. The van der Waals surface area contributed by atoms with Gasteiger partial charge in [-0.1, -0.05) is 6.92 Å². The highest BCUT2D eigenvalue weighted by Crippen LogP contribution is 2.28. The van der Waals surface area contributed by atoms with Crippen LogP contribution in [0.1, 0.15) is 33.1 Å². The molecule has 0 bridgehead atoms. The van der Waals surface area contributed by atoms with Crippen molar-refractivity contribution >= 4 is 17.7 Å². The Kier molecular flexibility index (Phi) is 6.46. The van der Waals surface area contributed by atoms with Gasteiger partial charge in [0, 0.05) is 24.2 Å². The molecule has 106 valence electrons. The highest BCUT2D eigenvalue weighted by molar-refractivity contribution is 7.99. The van der Waals surface area contributed by atoms with Crippen molar-refractivity contribution in [2.24, 2.45) is 0 Å². The molecule has 0 spiro atoms. The van der Waals surface area contributed by atoms with Crippen LogP contribution in [0.5, 0.6) is 0 Å². The molecule has 4 nitrogen and oxygen atoms in total. The Balaban J connectivity index is 2.46. The topological polar surface area (TPSA) is 47.6 Å². The van der Waals surface area contributed by atoms with Gasteiger partial charge in [0.1, 0.15) is 5.54 Å². The monoisotopic (exact) mass is 275 g/mol. The van der Waals surface area contributed by atoms with Crippen molar-refractivity contribution in [2.75, 3.05) is 26.6 Å². The summed E-state index contributed by atoms with van der Waals surface area (Å²) in [6, 6.07) is 0.491. The normalized spacial score (nSPS) is 20.2. The van der Waals surface area contributed by atoms with Crippen LogP contribution in [-0.4, -0.2) is 49.4 Å². The first-order valence-electron chi connectivity index (χ1n) is 6.48. The quantitative estimate of drug-likeness (QED) is 0.514. The molecule has 0 aromatic heterocycles. The summed E-state index contributed by atoms with van der Waals surface area (Å²) in [6.07, 6.45) is 3.11. The molecule has 1 fully saturated rings. The SMILES string of the molecule is COCCSC(C)CC(C)(NC1CC1)C(=O)OC. The van der Waals surface area contributed by atoms with Crippen molar-refractivity contribution in [1.29, 1.82) is 0 Å². The molecule has 5 heteroatoms. The van der Waals surface area contributed by atoms with Crippen molar-refractivity contribution in [3.63, 3.8) is 0 Å². The van der Waals surface area contributed by atoms with E-state index in [4.69, 9.17) is 9.47 Å². The zero-order valence-corrected chi connectivity index (χ0v) is 12.6. The highest BCUT2D eigenvalue weighted by Gasteiger charge is 2.40. The summed E-state index contributed by atoms with van der Waals surface area (Å²) in [7, 11) is 3.16. The van der Waals surface area contributed by atoms with Gasteiger partial charge in [0.2, 0.25) is 0 Å². The van der Waals surface area contributed by atoms with E-state index in [1.807, 2.05) is 18.7 Å². The summed E-state index contributed by atoms with van der Waals surface area (Å²) in [6.45, 7) is 4.85.